The van der Waals surface area contributed by atoms with Gasteiger partial charge in [0, 0.05) is 0 Å². The molecule has 0 N–H and O–H groups in total. The van der Waals surface area contributed by atoms with Gasteiger partial charge >= 0.3 is 89.3 Å². The van der Waals surface area contributed by atoms with Gasteiger partial charge in [-0.2, -0.15) is 0 Å². The van der Waals surface area contributed by atoms with E-state index in [2.05, 4.69) is 35.3 Å². The van der Waals surface area contributed by atoms with E-state index in [0.29, 0.717) is 0 Å². The quantitative estimate of drug-likeness (QED) is 0.760. The van der Waals surface area contributed by atoms with E-state index in [4.69, 9.17) is 0 Å². The van der Waals surface area contributed by atoms with Gasteiger partial charge < -0.3 is 0 Å². The second-order valence-corrected chi connectivity index (χ2v) is 5.97. The molecule has 0 radical (unpaired) electrons. The van der Waals surface area contributed by atoms with Gasteiger partial charge in [0.2, 0.25) is 0 Å². The molecule has 1 heteroatoms. The minimum atomic E-state index is 0.0305. The molecule has 0 bridgehead atoms. The first-order valence-corrected chi connectivity index (χ1v) is 7.38. The fourth-order valence-corrected chi connectivity index (χ4v) is 4.31. The van der Waals surface area contributed by atoms with Gasteiger partial charge in [-0.3, -0.25) is 0 Å². The normalized spacial score (nSPS) is 10.8. The Labute approximate surface area is 89.2 Å². The number of rotatable bonds is 3. The second kappa shape index (κ2) is 4.31. The van der Waals surface area contributed by atoms with Gasteiger partial charge in [-0.25, -0.2) is 0 Å². The molecule has 2 rings (SSSR count). The van der Waals surface area contributed by atoms with Crippen LogP contribution in [0.2, 0.25) is 0 Å². The Morgan fingerprint density at radius 2 is 2.15 bits per heavy atom. The summed E-state index contributed by atoms with van der Waals surface area (Å²) in [6, 6.07) is 9.06. The zero-order chi connectivity index (χ0) is 9.10. The summed E-state index contributed by atoms with van der Waals surface area (Å²) in [4.78, 5) is 0. The van der Waals surface area contributed by atoms with Crippen molar-refractivity contribution in [2.75, 3.05) is 0 Å². The maximum atomic E-state index is 2.39. The molecule has 0 saturated heterocycles. The van der Waals surface area contributed by atoms with Crippen molar-refractivity contribution in [1.82, 2.24) is 0 Å². The molecule has 0 aliphatic carbocycles. The number of fused-ring (bicyclic) bond motifs is 1. The first-order valence-electron chi connectivity index (χ1n) is 4.87. The van der Waals surface area contributed by atoms with Gasteiger partial charge in [0.1, 0.15) is 0 Å². The van der Waals surface area contributed by atoms with Crippen molar-refractivity contribution < 1.29 is 0 Å². The molecule has 13 heavy (non-hydrogen) atoms. The maximum absolute atomic E-state index is 2.39. The second-order valence-electron chi connectivity index (χ2n) is 3.36. The number of benzene rings is 1. The average molecular weight is 286 g/mol. The summed E-state index contributed by atoms with van der Waals surface area (Å²) < 4.78 is 4.09. The Balaban J connectivity index is 2.37. The summed E-state index contributed by atoms with van der Waals surface area (Å²) in [6.07, 6.45) is 3.92. The topological polar surface area (TPSA) is 0 Å². The average Bonchev–Trinajstić information content (AvgIpc) is 2.62. The van der Waals surface area contributed by atoms with Crippen molar-refractivity contribution in [3.05, 3.63) is 33.9 Å². The minimum absolute atomic E-state index is 0.0305. The van der Waals surface area contributed by atoms with Crippen LogP contribution in [0, 0.1) is 0 Å². The number of hydrogen-bond acceptors (Lipinski definition) is 0. The molecule has 0 aliphatic heterocycles. The molecule has 1 aromatic carbocycles. The van der Waals surface area contributed by atoms with E-state index in [9.17, 15) is 0 Å². The molecule has 0 unspecified atom stereocenters. The van der Waals surface area contributed by atoms with Gasteiger partial charge in [0.25, 0.3) is 0 Å². The van der Waals surface area contributed by atoms with Gasteiger partial charge in [0.15, 0.2) is 0 Å². The summed E-state index contributed by atoms with van der Waals surface area (Å²) in [5, 5.41) is 1.50. The molecule has 0 spiro atoms. The first-order chi connectivity index (χ1) is 6.42. The van der Waals surface area contributed by atoms with Crippen LogP contribution in [0.25, 0.3) is 8.79 Å². The predicted molar refractivity (Wildman–Crippen MR) is 59.5 cm³/mol. The standard InChI is InChI=1S/C12H14Te/c1-2-3-5-10-6-4-7-11-8-9-13-12(10)11/h4,6-9H,2-3,5H2,1H3. The SMILES string of the molecule is CCCCc1cccc2cc[te]c12. The summed E-state index contributed by atoms with van der Waals surface area (Å²) in [7, 11) is 0. The van der Waals surface area contributed by atoms with Gasteiger partial charge in [-0.05, 0) is 0 Å². The van der Waals surface area contributed by atoms with E-state index in [0.717, 1.165) is 0 Å². The van der Waals surface area contributed by atoms with E-state index in [1.165, 1.54) is 24.6 Å². The number of unbranched alkanes of at least 4 members (excludes halogenated alkanes) is 1. The van der Waals surface area contributed by atoms with E-state index < -0.39 is 0 Å². The zero-order valence-corrected chi connectivity index (χ0v) is 10.2. The fraction of sp³-hybridized carbons (Fsp3) is 0.333. The summed E-state index contributed by atoms with van der Waals surface area (Å²) in [5.41, 5.74) is 1.62. The van der Waals surface area contributed by atoms with Gasteiger partial charge in [-0.1, -0.05) is 0 Å². The van der Waals surface area contributed by atoms with Crippen LogP contribution in [0.1, 0.15) is 25.3 Å². The molecule has 1 heterocycles. The van der Waals surface area contributed by atoms with Crippen LogP contribution >= 0.6 is 0 Å². The molecule has 0 nitrogen and oxygen atoms in total. The third-order valence-electron chi connectivity index (χ3n) is 2.36. The van der Waals surface area contributed by atoms with Gasteiger partial charge in [-0.15, -0.1) is 0 Å². The van der Waals surface area contributed by atoms with Crippen molar-refractivity contribution >= 4 is 29.2 Å². The summed E-state index contributed by atoms with van der Waals surface area (Å²) in [6.45, 7) is 2.26. The molecule has 1 aromatic heterocycles. The molecule has 0 atom stereocenters. The van der Waals surface area contributed by atoms with Crippen LogP contribution in [0.5, 0.6) is 0 Å². The number of hydrogen-bond donors (Lipinski definition) is 0. The molecule has 0 saturated carbocycles. The molecule has 2 aromatic rings. The molecule has 0 amide bonds. The van der Waals surface area contributed by atoms with Crippen LogP contribution in [0.4, 0.5) is 0 Å². The predicted octanol–water partition coefficient (Wildman–Crippen LogP) is 3.24. The Morgan fingerprint density at radius 1 is 1.23 bits per heavy atom. The zero-order valence-electron chi connectivity index (χ0n) is 7.92. The monoisotopic (exact) mass is 288 g/mol. The van der Waals surface area contributed by atoms with E-state index in [1.54, 1.807) is 8.97 Å². The summed E-state index contributed by atoms with van der Waals surface area (Å²) >= 11 is 0.0305. The van der Waals surface area contributed by atoms with Crippen LogP contribution in [-0.2, 0) is 6.42 Å². The van der Waals surface area contributed by atoms with Crippen LogP contribution in [0.15, 0.2) is 28.3 Å². The Kier molecular flexibility index (Phi) is 3.09. The van der Waals surface area contributed by atoms with Crippen molar-refractivity contribution in [1.29, 1.82) is 0 Å². The Morgan fingerprint density at radius 3 is 3.00 bits per heavy atom. The Bertz CT molecular complexity index is 387. The van der Waals surface area contributed by atoms with Crippen LogP contribution < -0.4 is 0 Å². The van der Waals surface area contributed by atoms with Crippen molar-refractivity contribution in [3.8, 4) is 0 Å². The fourth-order valence-electron chi connectivity index (χ4n) is 1.62. The van der Waals surface area contributed by atoms with Crippen molar-refractivity contribution in [2.45, 2.75) is 26.2 Å². The van der Waals surface area contributed by atoms with Gasteiger partial charge in [0.05, 0.1) is 0 Å². The molecular formula is C12H14Te. The van der Waals surface area contributed by atoms with E-state index in [1.807, 2.05) is 0 Å². The Hall–Kier alpha value is -0.250. The number of aryl methyl sites for hydroxylation is 1. The third kappa shape index (κ3) is 1.98. The third-order valence-corrected chi connectivity index (χ3v) is 5.23. The van der Waals surface area contributed by atoms with Crippen molar-refractivity contribution in [2.24, 2.45) is 0 Å². The van der Waals surface area contributed by atoms with Crippen molar-refractivity contribution in [3.63, 3.8) is 0 Å². The van der Waals surface area contributed by atoms with Crippen LogP contribution in [-0.4, -0.2) is 20.4 Å². The van der Waals surface area contributed by atoms with Crippen LogP contribution in [0.3, 0.4) is 0 Å². The molecular weight excluding hydrogens is 272 g/mol. The molecule has 0 fully saturated rings. The van der Waals surface area contributed by atoms with E-state index in [-0.39, 0.29) is 20.4 Å². The summed E-state index contributed by atoms with van der Waals surface area (Å²) in [5.74, 6) is 0. The molecule has 0 aliphatic rings. The van der Waals surface area contributed by atoms with E-state index >= 15 is 0 Å². The molecule has 68 valence electrons. The first kappa shape index (κ1) is 9.31.